The molecule has 0 heterocycles. The Bertz CT molecular complexity index is 55.7. The van der Waals surface area contributed by atoms with Crippen molar-refractivity contribution in [3.63, 3.8) is 0 Å². The van der Waals surface area contributed by atoms with E-state index in [2.05, 4.69) is 10.3 Å². The maximum Gasteiger partial charge on any atom is 0.0572 e. The van der Waals surface area contributed by atoms with Gasteiger partial charge in [-0.2, -0.15) is 11.8 Å². The molecule has 0 atom stereocenters. The summed E-state index contributed by atoms with van der Waals surface area (Å²) in [7, 11) is 3.34. The average Bonchev–Trinajstić information content (AvgIpc) is 1.97. The number of hydroxylamine groups is 1. The quantitative estimate of drug-likeness (QED) is 0.440. The highest BCUT2D eigenvalue weighted by Crippen LogP contribution is 1.96. The van der Waals surface area contributed by atoms with Gasteiger partial charge in [0.2, 0.25) is 0 Å². The van der Waals surface area contributed by atoms with Crippen LogP contribution in [0.2, 0.25) is 0 Å². The predicted molar refractivity (Wildman–Crippen MR) is 44.2 cm³/mol. The predicted octanol–water partition coefficient (Wildman–Crippen LogP) is 0.517. The van der Waals surface area contributed by atoms with E-state index in [1.54, 1.807) is 14.2 Å². The monoisotopic (exact) mass is 165 g/mol. The van der Waals surface area contributed by atoms with Crippen molar-refractivity contribution in [3.05, 3.63) is 0 Å². The largest absolute Gasteiger partial charge is 0.384 e. The van der Waals surface area contributed by atoms with Crippen LogP contribution in [0.1, 0.15) is 0 Å². The maximum atomic E-state index is 4.88. The molecule has 0 aliphatic carbocycles. The number of hydrogen-bond acceptors (Lipinski definition) is 4. The number of rotatable bonds is 7. The fraction of sp³-hybridized carbons (Fsp3) is 1.00. The lowest BCUT2D eigenvalue weighted by Gasteiger charge is -2.00. The van der Waals surface area contributed by atoms with Crippen molar-refractivity contribution in [2.45, 2.75) is 0 Å². The van der Waals surface area contributed by atoms with Gasteiger partial charge in [0, 0.05) is 25.2 Å². The van der Waals surface area contributed by atoms with Crippen molar-refractivity contribution in [2.24, 2.45) is 0 Å². The molecule has 0 aliphatic rings. The first-order valence-electron chi connectivity index (χ1n) is 3.24. The molecule has 10 heavy (non-hydrogen) atoms. The van der Waals surface area contributed by atoms with E-state index in [4.69, 9.17) is 4.74 Å². The van der Waals surface area contributed by atoms with Gasteiger partial charge in [0.1, 0.15) is 0 Å². The molecular formula is C6H15NO2S. The molecule has 3 nitrogen and oxygen atoms in total. The van der Waals surface area contributed by atoms with Crippen LogP contribution in [-0.2, 0) is 9.57 Å². The standard InChI is InChI=1S/C6H15NO2S/c1-8-4-6-10-5-3-7-9-2/h7H,3-6H2,1-2H3. The van der Waals surface area contributed by atoms with E-state index in [0.29, 0.717) is 0 Å². The van der Waals surface area contributed by atoms with Gasteiger partial charge < -0.3 is 9.57 Å². The molecule has 0 saturated heterocycles. The van der Waals surface area contributed by atoms with Crippen LogP contribution >= 0.6 is 11.8 Å². The Hall–Kier alpha value is 0.230. The smallest absolute Gasteiger partial charge is 0.0572 e. The van der Waals surface area contributed by atoms with Gasteiger partial charge in [-0.1, -0.05) is 0 Å². The Morgan fingerprint density at radius 2 is 2.10 bits per heavy atom. The summed E-state index contributed by atoms with van der Waals surface area (Å²) < 4.78 is 4.88. The molecule has 0 fully saturated rings. The first kappa shape index (κ1) is 10.2. The Morgan fingerprint density at radius 1 is 1.30 bits per heavy atom. The molecule has 0 radical (unpaired) electrons. The van der Waals surface area contributed by atoms with Crippen LogP contribution < -0.4 is 5.48 Å². The minimum absolute atomic E-state index is 0.831. The molecule has 0 aromatic rings. The molecule has 0 amide bonds. The summed E-state index contributed by atoms with van der Waals surface area (Å²) in [6.07, 6.45) is 0. The van der Waals surface area contributed by atoms with Crippen molar-refractivity contribution in [3.8, 4) is 0 Å². The van der Waals surface area contributed by atoms with E-state index in [-0.39, 0.29) is 0 Å². The maximum absolute atomic E-state index is 4.88. The number of methoxy groups -OCH3 is 1. The molecule has 62 valence electrons. The topological polar surface area (TPSA) is 30.5 Å². The van der Waals surface area contributed by atoms with Crippen molar-refractivity contribution in [1.82, 2.24) is 5.48 Å². The summed E-state index contributed by atoms with van der Waals surface area (Å²) in [6, 6.07) is 0. The van der Waals surface area contributed by atoms with Gasteiger partial charge in [0.05, 0.1) is 13.7 Å². The van der Waals surface area contributed by atoms with Crippen LogP contribution in [0.4, 0.5) is 0 Å². The highest BCUT2D eigenvalue weighted by Gasteiger charge is 1.86. The Balaban J connectivity index is 2.65. The van der Waals surface area contributed by atoms with Crippen LogP contribution in [-0.4, -0.2) is 38.9 Å². The van der Waals surface area contributed by atoms with E-state index in [1.165, 1.54) is 0 Å². The zero-order valence-corrected chi connectivity index (χ0v) is 7.37. The summed E-state index contributed by atoms with van der Waals surface area (Å²) in [5.74, 6) is 2.12. The van der Waals surface area contributed by atoms with Crippen molar-refractivity contribution < 1.29 is 9.57 Å². The van der Waals surface area contributed by atoms with Gasteiger partial charge in [-0.25, -0.2) is 5.48 Å². The fourth-order valence-corrected chi connectivity index (χ4v) is 1.18. The van der Waals surface area contributed by atoms with Crippen LogP contribution in [0.3, 0.4) is 0 Å². The lowest BCUT2D eigenvalue weighted by molar-refractivity contribution is 0.0970. The van der Waals surface area contributed by atoms with Gasteiger partial charge in [-0.3, -0.25) is 0 Å². The number of thioether (sulfide) groups is 1. The number of nitrogens with one attached hydrogen (secondary N) is 1. The summed E-state index contributed by atoms with van der Waals surface area (Å²) in [6.45, 7) is 1.72. The second-order valence-electron chi connectivity index (χ2n) is 1.70. The van der Waals surface area contributed by atoms with Crippen molar-refractivity contribution in [2.75, 3.05) is 38.9 Å². The molecule has 0 spiro atoms. The molecule has 4 heteroatoms. The summed E-state index contributed by atoms with van der Waals surface area (Å²) in [5.41, 5.74) is 2.76. The van der Waals surface area contributed by atoms with Crippen LogP contribution in [0.5, 0.6) is 0 Å². The molecule has 0 aliphatic heterocycles. The molecule has 0 rings (SSSR count). The fourth-order valence-electron chi connectivity index (χ4n) is 0.460. The zero-order chi connectivity index (χ0) is 7.66. The second kappa shape index (κ2) is 9.23. The normalized spacial score (nSPS) is 10.2. The first-order valence-corrected chi connectivity index (χ1v) is 4.39. The highest BCUT2D eigenvalue weighted by molar-refractivity contribution is 7.99. The first-order chi connectivity index (χ1) is 4.91. The average molecular weight is 165 g/mol. The SMILES string of the molecule is COCCSCCNOC. The van der Waals surface area contributed by atoms with Gasteiger partial charge in [0.15, 0.2) is 0 Å². The van der Waals surface area contributed by atoms with Gasteiger partial charge in [-0.15, -0.1) is 0 Å². The molecule has 1 N–H and O–H groups in total. The minimum Gasteiger partial charge on any atom is -0.384 e. The van der Waals surface area contributed by atoms with E-state index in [9.17, 15) is 0 Å². The van der Waals surface area contributed by atoms with E-state index >= 15 is 0 Å². The summed E-state index contributed by atoms with van der Waals surface area (Å²) >= 11 is 1.85. The lowest BCUT2D eigenvalue weighted by Crippen LogP contribution is -2.15. The molecule has 0 unspecified atom stereocenters. The van der Waals surface area contributed by atoms with Crippen molar-refractivity contribution in [1.29, 1.82) is 0 Å². The second-order valence-corrected chi connectivity index (χ2v) is 2.93. The van der Waals surface area contributed by atoms with E-state index < -0.39 is 0 Å². The number of hydrogen-bond donors (Lipinski definition) is 1. The van der Waals surface area contributed by atoms with Crippen LogP contribution in [0.15, 0.2) is 0 Å². The lowest BCUT2D eigenvalue weighted by atomic mass is 10.8. The Labute approximate surface area is 66.4 Å². The Morgan fingerprint density at radius 3 is 2.70 bits per heavy atom. The third kappa shape index (κ3) is 8.23. The van der Waals surface area contributed by atoms with Crippen LogP contribution in [0.25, 0.3) is 0 Å². The van der Waals surface area contributed by atoms with Gasteiger partial charge in [0.25, 0.3) is 0 Å². The van der Waals surface area contributed by atoms with Gasteiger partial charge in [-0.05, 0) is 0 Å². The molecule has 0 aromatic carbocycles. The third-order valence-electron chi connectivity index (χ3n) is 0.925. The van der Waals surface area contributed by atoms with Gasteiger partial charge >= 0.3 is 0 Å². The van der Waals surface area contributed by atoms with Crippen molar-refractivity contribution >= 4 is 11.8 Å². The minimum atomic E-state index is 0.831. The molecular weight excluding hydrogens is 150 g/mol. The van der Waals surface area contributed by atoms with E-state index in [0.717, 1.165) is 24.7 Å². The summed E-state index contributed by atoms with van der Waals surface area (Å²) in [4.78, 5) is 4.65. The summed E-state index contributed by atoms with van der Waals surface area (Å²) in [5, 5.41) is 0. The Kier molecular flexibility index (Phi) is 9.44. The third-order valence-corrected chi connectivity index (χ3v) is 1.87. The molecule has 0 aromatic heterocycles. The molecule has 0 saturated carbocycles. The zero-order valence-electron chi connectivity index (χ0n) is 6.55. The number of ether oxygens (including phenoxy) is 1. The molecule has 0 bridgehead atoms. The van der Waals surface area contributed by atoms with Crippen LogP contribution in [0, 0.1) is 0 Å². The van der Waals surface area contributed by atoms with E-state index in [1.807, 2.05) is 11.8 Å². The highest BCUT2D eigenvalue weighted by atomic mass is 32.2.